The number of rotatable bonds is 3. The van der Waals surface area contributed by atoms with Crippen LogP contribution in [0.4, 0.5) is 0 Å². The molecular weight excluding hydrogens is 252 g/mol. The Morgan fingerprint density at radius 1 is 1.10 bits per heavy atom. The zero-order valence-electron chi connectivity index (χ0n) is 12.2. The maximum atomic E-state index is 13.1. The van der Waals surface area contributed by atoms with Gasteiger partial charge in [-0.05, 0) is 57.3 Å². The minimum absolute atomic E-state index is 0.0674. The van der Waals surface area contributed by atoms with Crippen LogP contribution in [0.15, 0.2) is 0 Å². The Morgan fingerprint density at radius 3 is 2.15 bits per heavy atom. The third-order valence-corrected chi connectivity index (χ3v) is 5.79. The van der Waals surface area contributed by atoms with Gasteiger partial charge in [0.25, 0.3) is 0 Å². The Morgan fingerprint density at radius 2 is 1.65 bits per heavy atom. The van der Waals surface area contributed by atoms with E-state index >= 15 is 0 Å². The highest BCUT2D eigenvalue weighted by molar-refractivity contribution is 6.00. The third kappa shape index (κ3) is 1.80. The van der Waals surface area contributed by atoms with E-state index < -0.39 is 5.54 Å². The Kier molecular flexibility index (Phi) is 2.67. The molecule has 4 aliphatic rings. The topological polar surface area (TPSA) is 49.4 Å². The van der Waals surface area contributed by atoms with Gasteiger partial charge in [0, 0.05) is 6.04 Å². The average molecular weight is 276 g/mol. The van der Waals surface area contributed by atoms with Crippen molar-refractivity contribution in [1.82, 2.24) is 10.2 Å². The summed E-state index contributed by atoms with van der Waals surface area (Å²) in [5.74, 6) is 1.63. The molecule has 1 spiro atoms. The van der Waals surface area contributed by atoms with Gasteiger partial charge in [-0.3, -0.25) is 9.59 Å². The fraction of sp³-hybridized carbons (Fsp3) is 0.875. The normalized spacial score (nSPS) is 33.1. The lowest BCUT2D eigenvalue weighted by Gasteiger charge is -2.47. The van der Waals surface area contributed by atoms with E-state index in [0.29, 0.717) is 17.9 Å². The number of carbonyl (C=O) groups is 2. The fourth-order valence-corrected chi connectivity index (χ4v) is 4.37. The van der Waals surface area contributed by atoms with E-state index in [1.165, 1.54) is 25.7 Å². The van der Waals surface area contributed by atoms with E-state index in [9.17, 15) is 9.59 Å². The zero-order valence-corrected chi connectivity index (χ0v) is 12.2. The van der Waals surface area contributed by atoms with Crippen molar-refractivity contribution in [2.75, 3.05) is 0 Å². The molecular formula is C16H24N2O2. The molecule has 1 unspecified atom stereocenters. The number of carbonyl (C=O) groups excluding carboxylic acids is 2. The number of nitrogens with zero attached hydrogens (tertiary/aromatic N) is 1. The van der Waals surface area contributed by atoms with E-state index in [4.69, 9.17) is 0 Å². The Balaban J connectivity index is 1.67. The summed E-state index contributed by atoms with van der Waals surface area (Å²) >= 11 is 0. The van der Waals surface area contributed by atoms with Gasteiger partial charge < -0.3 is 10.2 Å². The first-order valence-electron chi connectivity index (χ1n) is 8.27. The van der Waals surface area contributed by atoms with Crippen LogP contribution in [-0.4, -0.2) is 34.3 Å². The van der Waals surface area contributed by atoms with Gasteiger partial charge in [0.15, 0.2) is 0 Å². The zero-order chi connectivity index (χ0) is 13.9. The second kappa shape index (κ2) is 4.22. The minimum Gasteiger partial charge on any atom is -0.340 e. The highest BCUT2D eigenvalue weighted by Gasteiger charge is 2.56. The maximum absolute atomic E-state index is 13.1. The summed E-state index contributed by atoms with van der Waals surface area (Å²) in [4.78, 5) is 27.5. The molecule has 1 aliphatic heterocycles. The lowest BCUT2D eigenvalue weighted by atomic mass is 9.88. The molecule has 0 aromatic carbocycles. The number of piperazine rings is 1. The summed E-state index contributed by atoms with van der Waals surface area (Å²) in [6.45, 7) is 1.91. The SMILES string of the molecule is CC1C(=O)NC2(CCCC2)C(=O)N1C(C1CC1)C1CC1. The summed E-state index contributed by atoms with van der Waals surface area (Å²) in [7, 11) is 0. The van der Waals surface area contributed by atoms with Crippen molar-refractivity contribution in [3.8, 4) is 0 Å². The first-order valence-corrected chi connectivity index (χ1v) is 8.27. The minimum atomic E-state index is -0.550. The smallest absolute Gasteiger partial charge is 0.249 e. The van der Waals surface area contributed by atoms with Crippen LogP contribution in [0.2, 0.25) is 0 Å². The van der Waals surface area contributed by atoms with Gasteiger partial charge in [-0.25, -0.2) is 0 Å². The standard InChI is InChI=1S/C16H24N2O2/c1-10-14(19)17-16(8-2-3-9-16)15(20)18(10)13(11-4-5-11)12-6-7-12/h10-13H,2-9H2,1H3,(H,17,19). The molecule has 0 aromatic rings. The van der Waals surface area contributed by atoms with Crippen LogP contribution in [0, 0.1) is 11.8 Å². The van der Waals surface area contributed by atoms with Crippen molar-refractivity contribution in [3.63, 3.8) is 0 Å². The molecule has 4 rings (SSSR count). The van der Waals surface area contributed by atoms with Gasteiger partial charge in [0.05, 0.1) is 0 Å². The van der Waals surface area contributed by atoms with E-state index in [-0.39, 0.29) is 17.9 Å². The van der Waals surface area contributed by atoms with Crippen LogP contribution in [0.25, 0.3) is 0 Å². The molecule has 3 saturated carbocycles. The number of hydrogen-bond donors (Lipinski definition) is 1. The summed E-state index contributed by atoms with van der Waals surface area (Å²) in [5, 5.41) is 3.06. The predicted molar refractivity (Wildman–Crippen MR) is 74.9 cm³/mol. The van der Waals surface area contributed by atoms with E-state index in [0.717, 1.165) is 25.7 Å². The molecule has 0 radical (unpaired) electrons. The number of amides is 2. The van der Waals surface area contributed by atoms with Crippen molar-refractivity contribution in [2.45, 2.75) is 75.9 Å². The molecule has 1 heterocycles. The summed E-state index contributed by atoms with van der Waals surface area (Å²) in [6, 6.07) is 0.0703. The van der Waals surface area contributed by atoms with Crippen LogP contribution in [0.3, 0.4) is 0 Å². The third-order valence-electron chi connectivity index (χ3n) is 5.79. The molecule has 4 heteroatoms. The molecule has 0 aromatic heterocycles. The molecule has 1 saturated heterocycles. The summed E-state index contributed by atoms with van der Waals surface area (Å²) in [5.41, 5.74) is -0.550. The van der Waals surface area contributed by atoms with Crippen molar-refractivity contribution >= 4 is 11.8 Å². The lowest BCUT2D eigenvalue weighted by molar-refractivity contribution is -0.158. The largest absolute Gasteiger partial charge is 0.340 e. The molecule has 0 bridgehead atoms. The number of nitrogens with one attached hydrogen (secondary N) is 1. The Bertz CT molecular complexity index is 435. The van der Waals surface area contributed by atoms with Crippen molar-refractivity contribution in [2.24, 2.45) is 11.8 Å². The molecule has 4 fully saturated rings. The first-order chi connectivity index (χ1) is 9.62. The summed E-state index contributed by atoms with van der Waals surface area (Å²) < 4.78 is 0. The van der Waals surface area contributed by atoms with Gasteiger partial charge in [0.2, 0.25) is 11.8 Å². The fourth-order valence-electron chi connectivity index (χ4n) is 4.37. The number of hydrogen-bond acceptors (Lipinski definition) is 2. The predicted octanol–water partition coefficient (Wildman–Crippen LogP) is 1.83. The first kappa shape index (κ1) is 12.7. The molecule has 20 heavy (non-hydrogen) atoms. The molecule has 1 N–H and O–H groups in total. The quantitative estimate of drug-likeness (QED) is 0.855. The van der Waals surface area contributed by atoms with E-state index in [1.807, 2.05) is 11.8 Å². The average Bonchev–Trinajstić information content (AvgIpc) is 3.34. The van der Waals surface area contributed by atoms with Gasteiger partial charge in [-0.1, -0.05) is 12.8 Å². The monoisotopic (exact) mass is 276 g/mol. The highest BCUT2D eigenvalue weighted by Crippen LogP contribution is 2.49. The van der Waals surface area contributed by atoms with Gasteiger partial charge in [0.1, 0.15) is 11.6 Å². The second-order valence-corrected chi connectivity index (χ2v) is 7.33. The van der Waals surface area contributed by atoms with Crippen LogP contribution in [0.5, 0.6) is 0 Å². The Labute approximate surface area is 120 Å². The van der Waals surface area contributed by atoms with Crippen molar-refractivity contribution in [3.05, 3.63) is 0 Å². The van der Waals surface area contributed by atoms with Gasteiger partial charge >= 0.3 is 0 Å². The van der Waals surface area contributed by atoms with Crippen LogP contribution in [0.1, 0.15) is 58.3 Å². The van der Waals surface area contributed by atoms with Crippen LogP contribution < -0.4 is 5.32 Å². The molecule has 110 valence electrons. The lowest BCUT2D eigenvalue weighted by Crippen LogP contribution is -2.71. The van der Waals surface area contributed by atoms with Gasteiger partial charge in [-0.2, -0.15) is 0 Å². The summed E-state index contributed by atoms with van der Waals surface area (Å²) in [6.07, 6.45) is 8.76. The van der Waals surface area contributed by atoms with Crippen LogP contribution >= 0.6 is 0 Å². The molecule has 4 nitrogen and oxygen atoms in total. The highest BCUT2D eigenvalue weighted by atomic mass is 16.2. The molecule has 3 aliphatic carbocycles. The van der Waals surface area contributed by atoms with Crippen molar-refractivity contribution in [1.29, 1.82) is 0 Å². The van der Waals surface area contributed by atoms with Gasteiger partial charge in [-0.15, -0.1) is 0 Å². The van der Waals surface area contributed by atoms with Crippen molar-refractivity contribution < 1.29 is 9.59 Å². The van der Waals surface area contributed by atoms with E-state index in [1.54, 1.807) is 0 Å². The van der Waals surface area contributed by atoms with Crippen LogP contribution in [-0.2, 0) is 9.59 Å². The molecule has 2 amide bonds. The second-order valence-electron chi connectivity index (χ2n) is 7.33. The van der Waals surface area contributed by atoms with E-state index in [2.05, 4.69) is 5.32 Å². The molecule has 1 atom stereocenters. The maximum Gasteiger partial charge on any atom is 0.249 e. The Hall–Kier alpha value is -1.06.